The third-order valence-electron chi connectivity index (χ3n) is 8.09. The number of aromatic nitrogens is 1. The van der Waals surface area contributed by atoms with Gasteiger partial charge in [0.25, 0.3) is 0 Å². The molecule has 0 aliphatic rings. The van der Waals surface area contributed by atoms with Gasteiger partial charge in [0.2, 0.25) is 0 Å². The minimum Gasteiger partial charge on any atom is -0.512 e. The summed E-state index contributed by atoms with van der Waals surface area (Å²) in [7, 11) is 0. The number of aliphatic hydroxyl groups is 1. The Labute approximate surface area is 250 Å². The summed E-state index contributed by atoms with van der Waals surface area (Å²) in [6.07, 6.45) is 7.65. The van der Waals surface area contributed by atoms with E-state index >= 15 is 0 Å². The number of benzene rings is 2. The largest absolute Gasteiger partial charge is 0.512 e. The normalized spacial score (nSPS) is 11.8. The van der Waals surface area contributed by atoms with Crippen LogP contribution in [0, 0.1) is 31.2 Å². The zero-order valence-corrected chi connectivity index (χ0v) is 27.8. The van der Waals surface area contributed by atoms with Crippen LogP contribution in [-0.2, 0) is 24.9 Å². The first-order valence-corrected chi connectivity index (χ1v) is 14.4. The Bertz CT molecular complexity index is 1210. The molecule has 0 atom stereocenters. The van der Waals surface area contributed by atoms with Crippen LogP contribution in [-0.4, -0.2) is 15.9 Å². The maximum atomic E-state index is 12.3. The molecule has 2 aromatic carbocycles. The molecule has 215 valence electrons. The van der Waals surface area contributed by atoms with Crippen molar-refractivity contribution in [1.29, 1.82) is 0 Å². The van der Waals surface area contributed by atoms with Crippen molar-refractivity contribution in [1.82, 2.24) is 4.98 Å². The minimum absolute atomic E-state index is 0. The molecule has 0 spiro atoms. The van der Waals surface area contributed by atoms with E-state index in [1.54, 1.807) is 0 Å². The Balaban J connectivity index is 0.000000391. The van der Waals surface area contributed by atoms with E-state index in [4.69, 9.17) is 0 Å². The summed E-state index contributed by atoms with van der Waals surface area (Å²) in [6.45, 7) is 18.9. The Kier molecular flexibility index (Phi) is 14.3. The third kappa shape index (κ3) is 8.85. The first-order chi connectivity index (χ1) is 18.0. The number of ketones is 1. The number of aliphatic hydroxyl groups excluding tert-OH is 1. The molecular formula is C35H48IrNO2-. The molecule has 0 fully saturated rings. The van der Waals surface area contributed by atoms with Gasteiger partial charge in [0.05, 0.1) is 5.76 Å². The van der Waals surface area contributed by atoms with E-state index in [0.717, 1.165) is 48.9 Å². The van der Waals surface area contributed by atoms with Gasteiger partial charge in [-0.15, -0.1) is 34.9 Å². The van der Waals surface area contributed by atoms with Crippen molar-refractivity contribution < 1.29 is 30.0 Å². The number of pyridine rings is 1. The molecule has 4 heteroatoms. The third-order valence-corrected chi connectivity index (χ3v) is 8.09. The quantitative estimate of drug-likeness (QED) is 0.130. The number of hydrogen-bond acceptors (Lipinski definition) is 3. The van der Waals surface area contributed by atoms with Crippen molar-refractivity contribution >= 4 is 16.6 Å². The molecule has 0 bridgehead atoms. The maximum Gasteiger partial charge on any atom is 0.165 e. The topological polar surface area (TPSA) is 50.2 Å². The fourth-order valence-corrected chi connectivity index (χ4v) is 5.18. The van der Waals surface area contributed by atoms with Crippen LogP contribution in [0.5, 0.6) is 0 Å². The van der Waals surface area contributed by atoms with Gasteiger partial charge in [0.1, 0.15) is 0 Å². The average molecular weight is 707 g/mol. The summed E-state index contributed by atoms with van der Waals surface area (Å²) >= 11 is 0. The van der Waals surface area contributed by atoms with Gasteiger partial charge in [-0.25, -0.2) is 0 Å². The van der Waals surface area contributed by atoms with E-state index in [1.165, 1.54) is 28.0 Å². The molecular weight excluding hydrogens is 659 g/mol. The second kappa shape index (κ2) is 16.1. The van der Waals surface area contributed by atoms with Crippen molar-refractivity contribution in [3.63, 3.8) is 0 Å². The second-order valence-electron chi connectivity index (χ2n) is 10.8. The zero-order chi connectivity index (χ0) is 28.5. The van der Waals surface area contributed by atoms with Gasteiger partial charge in [0, 0.05) is 43.7 Å². The molecule has 0 aliphatic heterocycles. The Morgan fingerprint density at radius 2 is 1.59 bits per heavy atom. The first-order valence-electron chi connectivity index (χ1n) is 14.4. The van der Waals surface area contributed by atoms with Crippen molar-refractivity contribution in [3.05, 3.63) is 77.2 Å². The number of carbonyl (C=O) groups is 1. The fraction of sp³-hybridized carbons (Fsp3) is 0.486. The number of aryl methyl sites for hydroxylation is 2. The summed E-state index contributed by atoms with van der Waals surface area (Å²) in [5, 5.41) is 12.4. The van der Waals surface area contributed by atoms with Crippen LogP contribution >= 0.6 is 0 Å². The Hall–Kier alpha value is -2.29. The van der Waals surface area contributed by atoms with E-state index < -0.39 is 0 Å². The minimum atomic E-state index is -0.278. The molecule has 3 nitrogen and oxygen atoms in total. The van der Waals surface area contributed by atoms with Crippen LogP contribution in [0.1, 0.15) is 103 Å². The van der Waals surface area contributed by atoms with Crippen molar-refractivity contribution in [2.45, 2.75) is 100 Å². The molecule has 39 heavy (non-hydrogen) atoms. The smallest absolute Gasteiger partial charge is 0.165 e. The zero-order valence-electron chi connectivity index (χ0n) is 25.4. The Morgan fingerprint density at radius 3 is 2.10 bits per heavy atom. The van der Waals surface area contributed by atoms with Gasteiger partial charge in [-0.3, -0.25) is 4.79 Å². The van der Waals surface area contributed by atoms with Crippen LogP contribution in [0.3, 0.4) is 0 Å². The summed E-state index contributed by atoms with van der Waals surface area (Å²) in [5.41, 5.74) is 5.59. The first kappa shape index (κ1) is 34.7. The summed E-state index contributed by atoms with van der Waals surface area (Å²) in [6, 6.07) is 16.5. The van der Waals surface area contributed by atoms with Gasteiger partial charge in [-0.1, -0.05) is 80.5 Å². The fourth-order valence-electron chi connectivity index (χ4n) is 5.18. The molecule has 1 heterocycles. The van der Waals surface area contributed by atoms with Gasteiger partial charge in [-0.2, -0.15) is 0 Å². The van der Waals surface area contributed by atoms with Crippen LogP contribution in [0.4, 0.5) is 0 Å². The van der Waals surface area contributed by atoms with E-state index in [1.807, 2.05) is 40.8 Å². The van der Waals surface area contributed by atoms with Crippen molar-refractivity contribution in [2.75, 3.05) is 0 Å². The number of nitrogens with zero attached hydrogens (tertiary/aromatic N) is 1. The van der Waals surface area contributed by atoms with Crippen molar-refractivity contribution in [2.24, 2.45) is 11.3 Å². The maximum absolute atomic E-state index is 12.3. The van der Waals surface area contributed by atoms with Gasteiger partial charge >= 0.3 is 0 Å². The van der Waals surface area contributed by atoms with Crippen LogP contribution in [0.2, 0.25) is 0 Å². The number of rotatable bonds is 10. The molecule has 3 rings (SSSR count). The molecule has 1 N–H and O–H groups in total. The number of allylic oxidation sites excluding steroid dienone is 2. The summed E-state index contributed by atoms with van der Waals surface area (Å²) < 4.78 is 0. The van der Waals surface area contributed by atoms with Gasteiger partial charge in [-0.05, 0) is 66.1 Å². The Morgan fingerprint density at radius 1 is 0.974 bits per heavy atom. The second-order valence-corrected chi connectivity index (χ2v) is 10.8. The van der Waals surface area contributed by atoms with Gasteiger partial charge in [0.15, 0.2) is 5.78 Å². The number of hydrogen-bond donors (Lipinski definition) is 1. The molecule has 3 aromatic rings. The van der Waals surface area contributed by atoms with E-state index in [2.05, 4.69) is 75.1 Å². The van der Waals surface area contributed by atoms with E-state index in [-0.39, 0.29) is 43.0 Å². The van der Waals surface area contributed by atoms with E-state index in [0.29, 0.717) is 5.92 Å². The average Bonchev–Trinajstić information content (AvgIpc) is 2.89. The van der Waals surface area contributed by atoms with Crippen LogP contribution < -0.4 is 0 Å². The standard InChI is InChI=1S/C20H20N.C15H28O2.Ir/c1-13(2)16-5-6-19-17(12-16)7-8-21-20(19)18-10-14(3)9-15(4)11-18;1-6-12(7-2)13(16)11-14(17)15(8-3,9-4)10-5;/h5-10,12-13H,1-4H3;11-12,16H,6-10H2,1-5H3;/q-1;;/b;13-11-;. The van der Waals surface area contributed by atoms with Crippen molar-refractivity contribution in [3.8, 4) is 11.3 Å². The number of fused-ring (bicyclic) bond motifs is 1. The summed E-state index contributed by atoms with van der Waals surface area (Å²) in [4.78, 5) is 16.9. The molecule has 1 radical (unpaired) electrons. The molecule has 0 saturated heterocycles. The van der Waals surface area contributed by atoms with Crippen LogP contribution in [0.25, 0.3) is 22.0 Å². The van der Waals surface area contributed by atoms with Crippen LogP contribution in [0.15, 0.2) is 54.4 Å². The molecule has 1 aromatic heterocycles. The van der Waals surface area contributed by atoms with E-state index in [9.17, 15) is 9.90 Å². The SMILES string of the molecule is CCC(CC)/C(O)=C/C(=O)C(CC)(CC)CC.Cc1[c-]c(-c2nccc3cc(C(C)C)ccc23)cc(C)c1.[Ir]. The number of carbonyl (C=O) groups excluding carboxylic acids is 1. The predicted molar refractivity (Wildman–Crippen MR) is 163 cm³/mol. The molecule has 0 saturated carbocycles. The monoisotopic (exact) mass is 707 g/mol. The predicted octanol–water partition coefficient (Wildman–Crippen LogP) is 10.1. The van der Waals surface area contributed by atoms with Gasteiger partial charge < -0.3 is 10.1 Å². The molecule has 0 unspecified atom stereocenters. The molecule has 0 amide bonds. The molecule has 0 aliphatic carbocycles. The summed E-state index contributed by atoms with van der Waals surface area (Å²) in [5.74, 6) is 1.02.